The fourth-order valence-corrected chi connectivity index (χ4v) is 0.958. The van der Waals surface area contributed by atoms with Gasteiger partial charge in [0.05, 0.1) is 6.04 Å². The standard InChI is InChI=1S/C6H12N2O/c1-6(4-9)8-3-2-7-5-8/h4,6-7H,2-3,5H2,1H3. The highest BCUT2D eigenvalue weighted by Gasteiger charge is 2.15. The third-order valence-electron chi connectivity index (χ3n) is 1.66. The zero-order chi connectivity index (χ0) is 6.69. The van der Waals surface area contributed by atoms with Crippen LogP contribution in [0.15, 0.2) is 0 Å². The Labute approximate surface area is 55.0 Å². The summed E-state index contributed by atoms with van der Waals surface area (Å²) in [4.78, 5) is 12.3. The van der Waals surface area contributed by atoms with E-state index in [1.54, 1.807) is 0 Å². The summed E-state index contributed by atoms with van der Waals surface area (Å²) in [5.41, 5.74) is 0. The molecule has 0 saturated carbocycles. The first-order chi connectivity index (χ1) is 4.34. The van der Waals surface area contributed by atoms with E-state index in [2.05, 4.69) is 10.2 Å². The van der Waals surface area contributed by atoms with Crippen LogP contribution in [0.4, 0.5) is 0 Å². The van der Waals surface area contributed by atoms with Crippen molar-refractivity contribution >= 4 is 6.29 Å². The number of aldehydes is 1. The molecule has 0 aliphatic carbocycles. The molecule has 1 N–H and O–H groups in total. The molecular weight excluding hydrogens is 116 g/mol. The van der Waals surface area contributed by atoms with Crippen LogP contribution in [0.2, 0.25) is 0 Å². The first kappa shape index (κ1) is 6.71. The van der Waals surface area contributed by atoms with Gasteiger partial charge in [0.15, 0.2) is 0 Å². The number of nitrogens with one attached hydrogen (secondary N) is 1. The van der Waals surface area contributed by atoms with Gasteiger partial charge < -0.3 is 10.1 Å². The Morgan fingerprint density at radius 1 is 1.78 bits per heavy atom. The van der Waals surface area contributed by atoms with Crippen molar-refractivity contribution in [3.63, 3.8) is 0 Å². The minimum atomic E-state index is 0.0833. The van der Waals surface area contributed by atoms with E-state index in [0.717, 1.165) is 26.0 Å². The van der Waals surface area contributed by atoms with Crippen LogP contribution < -0.4 is 5.32 Å². The zero-order valence-corrected chi connectivity index (χ0v) is 5.63. The van der Waals surface area contributed by atoms with Crippen molar-refractivity contribution in [1.82, 2.24) is 10.2 Å². The molecule has 52 valence electrons. The number of hydrogen-bond acceptors (Lipinski definition) is 3. The van der Waals surface area contributed by atoms with Crippen LogP contribution in [-0.2, 0) is 4.79 Å². The van der Waals surface area contributed by atoms with Gasteiger partial charge in [0, 0.05) is 19.8 Å². The Bertz CT molecular complexity index is 99.2. The van der Waals surface area contributed by atoms with Gasteiger partial charge in [-0.1, -0.05) is 0 Å². The molecule has 1 unspecified atom stereocenters. The number of hydrogen-bond donors (Lipinski definition) is 1. The molecule has 1 saturated heterocycles. The largest absolute Gasteiger partial charge is 0.303 e. The third kappa shape index (κ3) is 1.50. The maximum absolute atomic E-state index is 10.2. The van der Waals surface area contributed by atoms with Crippen molar-refractivity contribution in [3.05, 3.63) is 0 Å². The molecule has 9 heavy (non-hydrogen) atoms. The summed E-state index contributed by atoms with van der Waals surface area (Å²) in [5, 5.41) is 3.15. The fraction of sp³-hybridized carbons (Fsp3) is 0.833. The van der Waals surface area contributed by atoms with Gasteiger partial charge in [-0.05, 0) is 6.92 Å². The molecular formula is C6H12N2O. The lowest BCUT2D eigenvalue weighted by atomic mass is 10.3. The topological polar surface area (TPSA) is 32.3 Å². The third-order valence-corrected chi connectivity index (χ3v) is 1.66. The summed E-state index contributed by atoms with van der Waals surface area (Å²) >= 11 is 0. The van der Waals surface area contributed by atoms with Crippen LogP contribution in [0, 0.1) is 0 Å². The lowest BCUT2D eigenvalue weighted by Gasteiger charge is -2.16. The Balaban J connectivity index is 2.32. The van der Waals surface area contributed by atoms with Crippen LogP contribution in [0.25, 0.3) is 0 Å². The highest BCUT2D eigenvalue weighted by molar-refractivity contribution is 5.56. The summed E-state index contributed by atoms with van der Waals surface area (Å²) in [6, 6.07) is 0.0833. The van der Waals surface area contributed by atoms with Gasteiger partial charge in [0.25, 0.3) is 0 Å². The molecule has 0 amide bonds. The maximum atomic E-state index is 10.2. The van der Waals surface area contributed by atoms with E-state index in [4.69, 9.17) is 0 Å². The lowest BCUT2D eigenvalue weighted by molar-refractivity contribution is -0.111. The quantitative estimate of drug-likeness (QED) is 0.506. The second-order valence-electron chi connectivity index (χ2n) is 2.35. The fourth-order valence-electron chi connectivity index (χ4n) is 0.958. The Morgan fingerprint density at radius 3 is 3.00 bits per heavy atom. The zero-order valence-electron chi connectivity index (χ0n) is 5.63. The summed E-state index contributed by atoms with van der Waals surface area (Å²) < 4.78 is 0. The van der Waals surface area contributed by atoms with Crippen molar-refractivity contribution in [3.8, 4) is 0 Å². The average Bonchev–Trinajstić information content (AvgIpc) is 2.37. The molecule has 1 heterocycles. The second kappa shape index (κ2) is 2.94. The minimum absolute atomic E-state index is 0.0833. The maximum Gasteiger partial charge on any atom is 0.136 e. The molecule has 1 atom stereocenters. The average molecular weight is 128 g/mol. The molecule has 1 fully saturated rings. The van der Waals surface area contributed by atoms with E-state index < -0.39 is 0 Å². The highest BCUT2D eigenvalue weighted by atomic mass is 16.1. The van der Waals surface area contributed by atoms with E-state index in [-0.39, 0.29) is 6.04 Å². The number of rotatable bonds is 2. The van der Waals surface area contributed by atoms with E-state index in [1.165, 1.54) is 0 Å². The first-order valence-corrected chi connectivity index (χ1v) is 3.24. The van der Waals surface area contributed by atoms with Crippen molar-refractivity contribution in [2.75, 3.05) is 19.8 Å². The number of carbonyl (C=O) groups excluding carboxylic acids is 1. The highest BCUT2D eigenvalue weighted by Crippen LogP contribution is 1.96. The van der Waals surface area contributed by atoms with Crippen LogP contribution in [-0.4, -0.2) is 37.0 Å². The smallest absolute Gasteiger partial charge is 0.136 e. The Hall–Kier alpha value is -0.410. The summed E-state index contributed by atoms with van der Waals surface area (Å²) in [6.45, 7) is 4.79. The molecule has 0 aromatic rings. The van der Waals surface area contributed by atoms with E-state index in [0.29, 0.717) is 0 Å². The Morgan fingerprint density at radius 2 is 2.56 bits per heavy atom. The van der Waals surface area contributed by atoms with Crippen molar-refractivity contribution < 1.29 is 4.79 Å². The van der Waals surface area contributed by atoms with E-state index >= 15 is 0 Å². The predicted molar refractivity (Wildman–Crippen MR) is 35.1 cm³/mol. The second-order valence-corrected chi connectivity index (χ2v) is 2.35. The normalized spacial score (nSPS) is 24.1. The lowest BCUT2D eigenvalue weighted by Crippen LogP contribution is -2.32. The molecule has 0 aromatic heterocycles. The van der Waals surface area contributed by atoms with Gasteiger partial charge in [-0.15, -0.1) is 0 Å². The van der Waals surface area contributed by atoms with Gasteiger partial charge in [-0.25, -0.2) is 0 Å². The summed E-state index contributed by atoms with van der Waals surface area (Å²) in [6.07, 6.45) is 0.979. The summed E-state index contributed by atoms with van der Waals surface area (Å²) in [5.74, 6) is 0. The molecule has 3 nitrogen and oxygen atoms in total. The van der Waals surface area contributed by atoms with Gasteiger partial charge in [-0.2, -0.15) is 0 Å². The molecule has 0 radical (unpaired) electrons. The monoisotopic (exact) mass is 128 g/mol. The van der Waals surface area contributed by atoms with E-state index in [9.17, 15) is 4.79 Å². The van der Waals surface area contributed by atoms with Crippen molar-refractivity contribution in [2.45, 2.75) is 13.0 Å². The van der Waals surface area contributed by atoms with Crippen LogP contribution in [0.5, 0.6) is 0 Å². The molecule has 0 spiro atoms. The minimum Gasteiger partial charge on any atom is -0.303 e. The molecule has 0 aromatic carbocycles. The van der Waals surface area contributed by atoms with Gasteiger partial charge >= 0.3 is 0 Å². The number of carbonyl (C=O) groups is 1. The first-order valence-electron chi connectivity index (χ1n) is 3.24. The SMILES string of the molecule is CC(C=O)N1CCNC1. The van der Waals surface area contributed by atoms with Gasteiger partial charge in [-0.3, -0.25) is 4.90 Å². The van der Waals surface area contributed by atoms with Crippen molar-refractivity contribution in [2.24, 2.45) is 0 Å². The van der Waals surface area contributed by atoms with Crippen molar-refractivity contribution in [1.29, 1.82) is 0 Å². The van der Waals surface area contributed by atoms with Gasteiger partial charge in [0.2, 0.25) is 0 Å². The predicted octanol–water partition coefficient (Wildman–Crippen LogP) is -0.563. The summed E-state index contributed by atoms with van der Waals surface area (Å²) in [7, 11) is 0. The number of nitrogens with zero attached hydrogens (tertiary/aromatic N) is 1. The Kier molecular flexibility index (Phi) is 2.19. The molecule has 1 aliphatic heterocycles. The molecule has 3 heteroatoms. The molecule has 1 rings (SSSR count). The van der Waals surface area contributed by atoms with Gasteiger partial charge in [0.1, 0.15) is 6.29 Å². The van der Waals surface area contributed by atoms with Crippen LogP contribution in [0.3, 0.4) is 0 Å². The van der Waals surface area contributed by atoms with E-state index in [1.807, 2.05) is 6.92 Å². The molecule has 1 aliphatic rings. The van der Waals surface area contributed by atoms with Crippen LogP contribution >= 0.6 is 0 Å². The molecule has 0 bridgehead atoms. The van der Waals surface area contributed by atoms with Crippen LogP contribution in [0.1, 0.15) is 6.92 Å².